The lowest BCUT2D eigenvalue weighted by atomic mass is 9.98. The quantitative estimate of drug-likeness (QED) is 0.766. The number of hydrogen-bond donors (Lipinski definition) is 2. The highest BCUT2D eigenvalue weighted by atomic mass is 32.2. The van der Waals surface area contributed by atoms with E-state index in [2.05, 4.69) is 0 Å². The molecule has 4 nitrogen and oxygen atoms in total. The van der Waals surface area contributed by atoms with Crippen LogP contribution in [0.4, 0.5) is 0 Å². The van der Waals surface area contributed by atoms with Gasteiger partial charge in [-0.15, -0.1) is 11.8 Å². The molecule has 0 aromatic heterocycles. The Kier molecular flexibility index (Phi) is 6.42. The summed E-state index contributed by atoms with van der Waals surface area (Å²) in [7, 11) is 0. The van der Waals surface area contributed by atoms with E-state index >= 15 is 0 Å². The Morgan fingerprint density at radius 2 is 1.84 bits per heavy atom. The lowest BCUT2D eigenvalue weighted by Crippen LogP contribution is -2.26. The van der Waals surface area contributed by atoms with E-state index in [4.69, 9.17) is 5.11 Å². The highest BCUT2D eigenvalue weighted by molar-refractivity contribution is 8.00. The minimum absolute atomic E-state index is 0.00744. The van der Waals surface area contributed by atoms with Gasteiger partial charge in [-0.2, -0.15) is 0 Å². The topological polar surface area (TPSA) is 74.6 Å². The maximum absolute atomic E-state index is 11.2. The van der Waals surface area contributed by atoms with Gasteiger partial charge < -0.3 is 10.2 Å². The summed E-state index contributed by atoms with van der Waals surface area (Å²) in [6.07, 6.45) is 0.671. The number of hydrogen-bond acceptors (Lipinski definition) is 3. The molecule has 0 heterocycles. The first-order valence-electron chi connectivity index (χ1n) is 6.11. The van der Waals surface area contributed by atoms with Crippen molar-refractivity contribution in [2.45, 2.75) is 25.0 Å². The minimum Gasteiger partial charge on any atom is -0.481 e. The summed E-state index contributed by atoms with van der Waals surface area (Å²) in [5, 5.41) is 17.2. The molecule has 1 rings (SSSR count). The first-order valence-corrected chi connectivity index (χ1v) is 7.15. The van der Waals surface area contributed by atoms with Crippen LogP contribution in [0.25, 0.3) is 0 Å². The Morgan fingerprint density at radius 3 is 2.37 bits per heavy atom. The van der Waals surface area contributed by atoms with Crippen molar-refractivity contribution in [3.63, 3.8) is 0 Å². The summed E-state index contributed by atoms with van der Waals surface area (Å²) in [5.41, 5.74) is 1.10. The summed E-state index contributed by atoms with van der Waals surface area (Å²) < 4.78 is 0. The number of benzene rings is 1. The second-order valence-corrected chi connectivity index (χ2v) is 5.69. The molecule has 0 radical (unpaired) electrons. The third kappa shape index (κ3) is 5.79. The highest BCUT2D eigenvalue weighted by Gasteiger charge is 2.25. The van der Waals surface area contributed by atoms with Crippen molar-refractivity contribution in [2.24, 2.45) is 5.92 Å². The van der Waals surface area contributed by atoms with Gasteiger partial charge in [-0.05, 0) is 17.9 Å². The number of carbonyl (C=O) groups is 2. The van der Waals surface area contributed by atoms with E-state index in [1.54, 1.807) is 0 Å². The summed E-state index contributed by atoms with van der Waals surface area (Å²) in [4.78, 5) is 21.7. The van der Waals surface area contributed by atoms with Gasteiger partial charge in [0.1, 0.15) is 5.25 Å². The van der Waals surface area contributed by atoms with Gasteiger partial charge in [0, 0.05) is 5.75 Å². The van der Waals surface area contributed by atoms with Gasteiger partial charge in [0.25, 0.3) is 0 Å². The fraction of sp³-hybridized carbons (Fsp3) is 0.429. The number of thioether (sulfide) groups is 1. The molecule has 0 aliphatic rings. The first kappa shape index (κ1) is 15.6. The van der Waals surface area contributed by atoms with Crippen LogP contribution >= 0.6 is 11.8 Å². The van der Waals surface area contributed by atoms with Crippen molar-refractivity contribution >= 4 is 23.7 Å². The van der Waals surface area contributed by atoms with Crippen LogP contribution in [-0.2, 0) is 16.0 Å². The molecule has 0 saturated heterocycles. The average Bonchev–Trinajstić information content (AvgIpc) is 2.35. The Labute approximate surface area is 116 Å². The molecule has 19 heavy (non-hydrogen) atoms. The van der Waals surface area contributed by atoms with Crippen molar-refractivity contribution in [1.29, 1.82) is 0 Å². The molecule has 0 aliphatic carbocycles. The molecule has 0 fully saturated rings. The van der Waals surface area contributed by atoms with Crippen LogP contribution in [0.5, 0.6) is 0 Å². The molecule has 0 spiro atoms. The predicted molar refractivity (Wildman–Crippen MR) is 75.4 cm³/mol. The van der Waals surface area contributed by atoms with Crippen LogP contribution in [0.2, 0.25) is 0 Å². The number of carboxylic acids is 2. The summed E-state index contributed by atoms with van der Waals surface area (Å²) >= 11 is 1.20. The van der Waals surface area contributed by atoms with Gasteiger partial charge in [0.2, 0.25) is 0 Å². The first-order chi connectivity index (χ1) is 9.00. The minimum atomic E-state index is -0.896. The molecular formula is C14H18O4S. The molecule has 104 valence electrons. The lowest BCUT2D eigenvalue weighted by Gasteiger charge is -2.19. The summed E-state index contributed by atoms with van der Waals surface area (Å²) in [6, 6.07) is 9.71. The van der Waals surface area contributed by atoms with Crippen molar-refractivity contribution in [1.82, 2.24) is 0 Å². The van der Waals surface area contributed by atoms with Crippen LogP contribution in [0.3, 0.4) is 0 Å². The van der Waals surface area contributed by atoms with Gasteiger partial charge in [-0.25, -0.2) is 0 Å². The van der Waals surface area contributed by atoms with Gasteiger partial charge in [0.05, 0.1) is 6.42 Å². The van der Waals surface area contributed by atoms with Crippen molar-refractivity contribution in [2.75, 3.05) is 5.75 Å². The summed E-state index contributed by atoms with van der Waals surface area (Å²) in [6.45, 7) is 1.89. The number of rotatable bonds is 8. The Morgan fingerprint density at radius 1 is 1.21 bits per heavy atom. The molecule has 0 aliphatic heterocycles. The van der Waals surface area contributed by atoms with E-state index in [9.17, 15) is 14.7 Å². The van der Waals surface area contributed by atoms with E-state index < -0.39 is 17.2 Å². The van der Waals surface area contributed by atoms with Crippen LogP contribution in [0.1, 0.15) is 18.9 Å². The monoisotopic (exact) mass is 282 g/mol. The lowest BCUT2D eigenvalue weighted by molar-refractivity contribution is -0.138. The maximum Gasteiger partial charge on any atom is 0.316 e. The third-order valence-corrected chi connectivity index (χ3v) is 4.24. The van der Waals surface area contributed by atoms with Crippen LogP contribution in [-0.4, -0.2) is 33.2 Å². The second-order valence-electron chi connectivity index (χ2n) is 4.44. The van der Waals surface area contributed by atoms with E-state index in [1.807, 2.05) is 37.3 Å². The zero-order chi connectivity index (χ0) is 14.3. The molecule has 2 N–H and O–H groups in total. The largest absolute Gasteiger partial charge is 0.481 e. The maximum atomic E-state index is 11.2. The fourth-order valence-corrected chi connectivity index (χ4v) is 2.96. The average molecular weight is 282 g/mol. The molecule has 1 aromatic rings. The third-order valence-electron chi connectivity index (χ3n) is 2.77. The van der Waals surface area contributed by atoms with Gasteiger partial charge >= 0.3 is 11.9 Å². The predicted octanol–water partition coefficient (Wildman–Crippen LogP) is 2.53. The zero-order valence-corrected chi connectivity index (χ0v) is 11.6. The van der Waals surface area contributed by atoms with Crippen molar-refractivity contribution in [3.8, 4) is 0 Å². The Hall–Kier alpha value is -1.49. The Balaban J connectivity index is 2.55. The van der Waals surface area contributed by atoms with Crippen molar-refractivity contribution < 1.29 is 19.8 Å². The summed E-state index contributed by atoms with van der Waals surface area (Å²) in [5.74, 6) is -1.49. The van der Waals surface area contributed by atoms with E-state index in [-0.39, 0.29) is 12.3 Å². The van der Waals surface area contributed by atoms with E-state index in [0.717, 1.165) is 5.56 Å². The number of carboxylic acid groups (broad SMARTS) is 2. The molecule has 1 aromatic carbocycles. The van der Waals surface area contributed by atoms with Crippen LogP contribution in [0.15, 0.2) is 30.3 Å². The van der Waals surface area contributed by atoms with E-state index in [0.29, 0.717) is 12.2 Å². The molecular weight excluding hydrogens is 264 g/mol. The van der Waals surface area contributed by atoms with Gasteiger partial charge in [0.15, 0.2) is 0 Å². The standard InChI is InChI=1S/C14H18O4S/c1-10(9-11-5-3-2-4-6-11)13(14(17)18)19-8-7-12(15)16/h2-6,10,13H,7-9H2,1H3,(H,15,16)(H,17,18). The molecule has 0 bridgehead atoms. The molecule has 2 atom stereocenters. The number of aliphatic carboxylic acids is 2. The van der Waals surface area contributed by atoms with Gasteiger partial charge in [-0.1, -0.05) is 37.3 Å². The zero-order valence-electron chi connectivity index (χ0n) is 10.8. The molecule has 5 heteroatoms. The van der Waals surface area contributed by atoms with Crippen LogP contribution < -0.4 is 0 Å². The van der Waals surface area contributed by atoms with Crippen LogP contribution in [0, 0.1) is 5.92 Å². The smallest absolute Gasteiger partial charge is 0.316 e. The molecule has 0 amide bonds. The fourth-order valence-electron chi connectivity index (χ4n) is 1.85. The van der Waals surface area contributed by atoms with E-state index in [1.165, 1.54) is 11.8 Å². The second kappa shape index (κ2) is 7.84. The molecule has 0 saturated carbocycles. The van der Waals surface area contributed by atoms with Gasteiger partial charge in [-0.3, -0.25) is 9.59 Å². The Bertz CT molecular complexity index is 419. The molecule has 2 unspecified atom stereocenters. The normalized spacial score (nSPS) is 13.7. The van der Waals surface area contributed by atoms with Crippen molar-refractivity contribution in [3.05, 3.63) is 35.9 Å². The highest BCUT2D eigenvalue weighted by Crippen LogP contribution is 2.24. The SMILES string of the molecule is CC(Cc1ccccc1)C(SCCC(=O)O)C(=O)O.